The van der Waals surface area contributed by atoms with Crippen LogP contribution in [0, 0.1) is 0 Å². The van der Waals surface area contributed by atoms with Gasteiger partial charge in [0.1, 0.15) is 0 Å². The Balaban J connectivity index is 1.69. The van der Waals surface area contributed by atoms with Crippen LogP contribution in [0.4, 0.5) is 5.82 Å². The molecule has 1 aromatic carbocycles. The Kier molecular flexibility index (Phi) is 5.40. The Morgan fingerprint density at radius 2 is 1.69 bits per heavy atom. The summed E-state index contributed by atoms with van der Waals surface area (Å²) in [5, 5.41) is 8.15. The molecule has 0 unspecified atom stereocenters. The van der Waals surface area contributed by atoms with E-state index in [-0.39, 0.29) is 5.91 Å². The molecule has 0 saturated carbocycles. The van der Waals surface area contributed by atoms with E-state index in [0.29, 0.717) is 49.1 Å². The minimum Gasteiger partial charge on any atom is -0.493 e. The number of carbonyl (C=O) groups is 1. The molecule has 2 aromatic rings. The molecule has 0 atom stereocenters. The number of rotatable bonds is 5. The lowest BCUT2D eigenvalue weighted by atomic mass is 10.1. The van der Waals surface area contributed by atoms with Gasteiger partial charge in [0, 0.05) is 32.2 Å². The number of hydrogen-bond acceptors (Lipinski definition) is 7. The summed E-state index contributed by atoms with van der Waals surface area (Å²) in [7, 11) is 4.65. The van der Waals surface area contributed by atoms with Crippen LogP contribution >= 0.6 is 0 Å². The first-order valence-corrected chi connectivity index (χ1v) is 8.31. The third kappa shape index (κ3) is 3.49. The number of nitrogens with zero attached hydrogens (tertiary/aromatic N) is 4. The smallest absolute Gasteiger partial charge is 0.257 e. The van der Waals surface area contributed by atoms with Crippen LogP contribution in [0.5, 0.6) is 17.4 Å². The molecule has 0 N–H and O–H groups in total. The second-order valence-corrected chi connectivity index (χ2v) is 5.75. The summed E-state index contributed by atoms with van der Waals surface area (Å²) in [6.07, 6.45) is 0. The van der Waals surface area contributed by atoms with Gasteiger partial charge in [0.25, 0.3) is 5.91 Å². The molecule has 26 heavy (non-hydrogen) atoms. The monoisotopic (exact) mass is 358 g/mol. The quantitative estimate of drug-likeness (QED) is 0.801. The van der Waals surface area contributed by atoms with Crippen molar-refractivity contribution >= 4 is 11.7 Å². The SMILES string of the molecule is COc1ccc(N2CCN(C(=O)c3cccc(OC)c3OC)CC2)nn1. The summed E-state index contributed by atoms with van der Waals surface area (Å²) >= 11 is 0. The van der Waals surface area contributed by atoms with Gasteiger partial charge >= 0.3 is 0 Å². The lowest BCUT2D eigenvalue weighted by Crippen LogP contribution is -2.49. The average molecular weight is 358 g/mol. The molecule has 1 saturated heterocycles. The number of piperazine rings is 1. The molecule has 138 valence electrons. The van der Waals surface area contributed by atoms with E-state index in [1.165, 1.54) is 7.11 Å². The highest BCUT2D eigenvalue weighted by Gasteiger charge is 2.26. The summed E-state index contributed by atoms with van der Waals surface area (Å²) in [5.41, 5.74) is 0.504. The van der Waals surface area contributed by atoms with Crippen molar-refractivity contribution in [3.05, 3.63) is 35.9 Å². The van der Waals surface area contributed by atoms with E-state index in [9.17, 15) is 4.79 Å². The zero-order valence-corrected chi connectivity index (χ0v) is 15.1. The van der Waals surface area contributed by atoms with Crippen LogP contribution in [0.3, 0.4) is 0 Å². The fraction of sp³-hybridized carbons (Fsp3) is 0.389. The maximum atomic E-state index is 12.9. The van der Waals surface area contributed by atoms with E-state index >= 15 is 0 Å². The van der Waals surface area contributed by atoms with Crippen molar-refractivity contribution < 1.29 is 19.0 Å². The first-order valence-electron chi connectivity index (χ1n) is 8.31. The van der Waals surface area contributed by atoms with E-state index in [2.05, 4.69) is 15.1 Å². The Bertz CT molecular complexity index is 758. The predicted octanol–water partition coefficient (Wildman–Crippen LogP) is 1.46. The van der Waals surface area contributed by atoms with E-state index in [4.69, 9.17) is 14.2 Å². The standard InChI is InChI=1S/C18H22N4O4/c1-24-14-6-4-5-13(17(14)26-3)18(23)22-11-9-21(10-12-22)15-7-8-16(25-2)20-19-15/h4-8H,9-12H2,1-3H3. The number of anilines is 1. The third-order valence-corrected chi connectivity index (χ3v) is 4.36. The van der Waals surface area contributed by atoms with E-state index < -0.39 is 0 Å². The summed E-state index contributed by atoms with van der Waals surface area (Å²) in [4.78, 5) is 16.8. The van der Waals surface area contributed by atoms with Gasteiger partial charge in [-0.15, -0.1) is 10.2 Å². The van der Waals surface area contributed by atoms with Gasteiger partial charge in [-0.2, -0.15) is 0 Å². The molecule has 1 aliphatic rings. The molecule has 3 rings (SSSR count). The van der Waals surface area contributed by atoms with Crippen LogP contribution in [0.2, 0.25) is 0 Å². The number of methoxy groups -OCH3 is 3. The molecule has 8 nitrogen and oxygen atoms in total. The van der Waals surface area contributed by atoms with Crippen molar-refractivity contribution in [1.82, 2.24) is 15.1 Å². The fourth-order valence-corrected chi connectivity index (χ4v) is 2.96. The normalized spacial score (nSPS) is 14.1. The lowest BCUT2D eigenvalue weighted by molar-refractivity contribution is 0.0742. The topological polar surface area (TPSA) is 77.0 Å². The van der Waals surface area contributed by atoms with Crippen LogP contribution in [0.15, 0.2) is 30.3 Å². The van der Waals surface area contributed by atoms with Gasteiger partial charge in [-0.1, -0.05) is 6.07 Å². The first kappa shape index (κ1) is 17.8. The number of amides is 1. The second kappa shape index (κ2) is 7.90. The van der Waals surface area contributed by atoms with Crippen molar-refractivity contribution in [1.29, 1.82) is 0 Å². The molecule has 1 aromatic heterocycles. The van der Waals surface area contributed by atoms with Gasteiger partial charge in [0.05, 0.1) is 26.9 Å². The van der Waals surface area contributed by atoms with Gasteiger partial charge in [0.2, 0.25) is 5.88 Å². The van der Waals surface area contributed by atoms with Crippen LogP contribution in [-0.2, 0) is 0 Å². The highest BCUT2D eigenvalue weighted by atomic mass is 16.5. The van der Waals surface area contributed by atoms with Crippen LogP contribution in [0.1, 0.15) is 10.4 Å². The third-order valence-electron chi connectivity index (χ3n) is 4.36. The Morgan fingerprint density at radius 1 is 0.923 bits per heavy atom. The predicted molar refractivity (Wildman–Crippen MR) is 96.2 cm³/mol. The first-order chi connectivity index (χ1) is 12.7. The molecule has 0 aliphatic carbocycles. The molecule has 1 aliphatic heterocycles. The summed E-state index contributed by atoms with van der Waals surface area (Å²) in [6.45, 7) is 2.54. The minimum atomic E-state index is -0.0683. The Labute approximate surface area is 152 Å². The number of hydrogen-bond donors (Lipinski definition) is 0. The van der Waals surface area contributed by atoms with Gasteiger partial charge in [-0.05, 0) is 18.2 Å². The Morgan fingerprint density at radius 3 is 2.27 bits per heavy atom. The highest BCUT2D eigenvalue weighted by molar-refractivity contribution is 5.98. The van der Waals surface area contributed by atoms with Gasteiger partial charge < -0.3 is 24.0 Å². The molecule has 1 amide bonds. The summed E-state index contributed by atoms with van der Waals surface area (Å²) < 4.78 is 15.7. The van der Waals surface area contributed by atoms with Crippen molar-refractivity contribution in [3.63, 3.8) is 0 Å². The van der Waals surface area contributed by atoms with Crippen LogP contribution in [0.25, 0.3) is 0 Å². The zero-order valence-electron chi connectivity index (χ0n) is 15.1. The number of aromatic nitrogens is 2. The second-order valence-electron chi connectivity index (χ2n) is 5.75. The molecular formula is C18H22N4O4. The van der Waals surface area contributed by atoms with Crippen molar-refractivity contribution in [2.24, 2.45) is 0 Å². The van der Waals surface area contributed by atoms with E-state index in [0.717, 1.165) is 5.82 Å². The molecule has 8 heteroatoms. The maximum absolute atomic E-state index is 12.9. The van der Waals surface area contributed by atoms with Crippen LogP contribution in [-0.4, -0.2) is 68.5 Å². The van der Waals surface area contributed by atoms with Crippen molar-refractivity contribution in [2.45, 2.75) is 0 Å². The lowest BCUT2D eigenvalue weighted by Gasteiger charge is -2.35. The minimum absolute atomic E-state index is 0.0683. The number of carbonyl (C=O) groups excluding carboxylic acids is 1. The maximum Gasteiger partial charge on any atom is 0.257 e. The molecule has 1 fully saturated rings. The molecule has 0 spiro atoms. The fourth-order valence-electron chi connectivity index (χ4n) is 2.96. The van der Waals surface area contributed by atoms with Crippen LogP contribution < -0.4 is 19.1 Å². The van der Waals surface area contributed by atoms with Crippen molar-refractivity contribution in [2.75, 3.05) is 52.4 Å². The zero-order chi connectivity index (χ0) is 18.5. The molecule has 2 heterocycles. The molecule has 0 bridgehead atoms. The Hall–Kier alpha value is -3.03. The average Bonchev–Trinajstić information content (AvgIpc) is 2.72. The number of ether oxygens (including phenoxy) is 3. The largest absolute Gasteiger partial charge is 0.493 e. The highest BCUT2D eigenvalue weighted by Crippen LogP contribution is 2.31. The molecule has 0 radical (unpaired) electrons. The summed E-state index contributed by atoms with van der Waals surface area (Å²) in [6, 6.07) is 8.97. The number of benzene rings is 1. The molecular weight excluding hydrogens is 336 g/mol. The summed E-state index contributed by atoms with van der Waals surface area (Å²) in [5.74, 6) is 2.19. The van der Waals surface area contributed by atoms with E-state index in [1.807, 2.05) is 11.0 Å². The van der Waals surface area contributed by atoms with Gasteiger partial charge in [-0.3, -0.25) is 4.79 Å². The van der Waals surface area contributed by atoms with Gasteiger partial charge in [0.15, 0.2) is 17.3 Å². The van der Waals surface area contributed by atoms with Gasteiger partial charge in [-0.25, -0.2) is 0 Å². The van der Waals surface area contributed by atoms with E-state index in [1.54, 1.807) is 38.5 Å². The number of para-hydroxylation sites is 1. The van der Waals surface area contributed by atoms with Crippen molar-refractivity contribution in [3.8, 4) is 17.4 Å².